The highest BCUT2D eigenvalue weighted by Gasteiger charge is 2.11. The predicted molar refractivity (Wildman–Crippen MR) is 91.1 cm³/mol. The fraction of sp³-hybridized carbons (Fsp3) is 0.188. The van der Waals surface area contributed by atoms with Crippen LogP contribution in [0.4, 0.5) is 0 Å². The molecule has 122 valence electrons. The summed E-state index contributed by atoms with van der Waals surface area (Å²) in [7, 11) is -4.00. The Morgan fingerprint density at radius 1 is 1.09 bits per heavy atom. The van der Waals surface area contributed by atoms with Gasteiger partial charge in [0.15, 0.2) is 0 Å². The summed E-state index contributed by atoms with van der Waals surface area (Å²) in [5.74, 6) is -0.276. The van der Waals surface area contributed by atoms with Crippen LogP contribution in [0.15, 0.2) is 53.5 Å². The topological polar surface area (TPSA) is 87.0 Å². The molecule has 7 heteroatoms. The SMILES string of the molecule is O=S(=O)(O)CCC/N=C(\c1ccc(Cl)cc1)c1ccccc1O. The van der Waals surface area contributed by atoms with Crippen LogP contribution in [0, 0.1) is 0 Å². The molecule has 0 radical (unpaired) electrons. The first kappa shape index (κ1) is 17.5. The van der Waals surface area contributed by atoms with E-state index in [1.54, 1.807) is 48.5 Å². The molecule has 2 rings (SSSR count). The Labute approximate surface area is 140 Å². The van der Waals surface area contributed by atoms with Crippen LogP contribution in [0.5, 0.6) is 5.75 Å². The van der Waals surface area contributed by atoms with Crippen LogP contribution in [-0.2, 0) is 10.1 Å². The van der Waals surface area contributed by atoms with E-state index < -0.39 is 10.1 Å². The van der Waals surface area contributed by atoms with Crippen molar-refractivity contribution in [1.29, 1.82) is 0 Å². The van der Waals surface area contributed by atoms with Crippen LogP contribution in [0.3, 0.4) is 0 Å². The first-order valence-electron chi connectivity index (χ1n) is 6.91. The molecule has 0 heterocycles. The fourth-order valence-electron chi connectivity index (χ4n) is 2.05. The van der Waals surface area contributed by atoms with Crippen molar-refractivity contribution in [3.63, 3.8) is 0 Å². The molecule has 0 amide bonds. The number of hydrogen-bond donors (Lipinski definition) is 2. The number of nitrogens with zero attached hydrogens (tertiary/aromatic N) is 1. The number of halogens is 1. The van der Waals surface area contributed by atoms with Crippen molar-refractivity contribution in [3.8, 4) is 5.75 Å². The molecular formula is C16H16ClNO4S. The maximum absolute atomic E-state index is 10.8. The maximum atomic E-state index is 10.8. The fourth-order valence-corrected chi connectivity index (χ4v) is 2.67. The van der Waals surface area contributed by atoms with Crippen molar-refractivity contribution in [2.75, 3.05) is 12.3 Å². The van der Waals surface area contributed by atoms with Crippen molar-refractivity contribution in [1.82, 2.24) is 0 Å². The number of rotatable bonds is 6. The van der Waals surface area contributed by atoms with Gasteiger partial charge in [-0.2, -0.15) is 8.42 Å². The number of para-hydroxylation sites is 1. The van der Waals surface area contributed by atoms with E-state index in [0.717, 1.165) is 5.56 Å². The Kier molecular flexibility index (Phi) is 5.76. The van der Waals surface area contributed by atoms with Crippen LogP contribution in [0.2, 0.25) is 5.02 Å². The molecule has 0 saturated carbocycles. The smallest absolute Gasteiger partial charge is 0.264 e. The van der Waals surface area contributed by atoms with Crippen molar-refractivity contribution in [2.24, 2.45) is 4.99 Å². The molecule has 0 aliphatic carbocycles. The van der Waals surface area contributed by atoms with E-state index in [9.17, 15) is 13.5 Å². The van der Waals surface area contributed by atoms with Gasteiger partial charge in [-0.3, -0.25) is 9.55 Å². The zero-order chi connectivity index (χ0) is 16.9. The Bertz CT molecular complexity index is 801. The molecule has 5 nitrogen and oxygen atoms in total. The third-order valence-electron chi connectivity index (χ3n) is 3.11. The first-order valence-corrected chi connectivity index (χ1v) is 8.89. The third kappa shape index (κ3) is 5.35. The molecule has 0 unspecified atom stereocenters. The number of aliphatic imine (C=N–C) groups is 1. The lowest BCUT2D eigenvalue weighted by Crippen LogP contribution is -2.08. The molecule has 23 heavy (non-hydrogen) atoms. The van der Waals surface area contributed by atoms with E-state index in [0.29, 0.717) is 16.3 Å². The van der Waals surface area contributed by atoms with Crippen molar-refractivity contribution >= 4 is 27.4 Å². The lowest BCUT2D eigenvalue weighted by Gasteiger charge is -2.09. The van der Waals surface area contributed by atoms with E-state index in [2.05, 4.69) is 4.99 Å². The molecule has 0 spiro atoms. The van der Waals surface area contributed by atoms with Crippen molar-refractivity contribution in [2.45, 2.75) is 6.42 Å². The van der Waals surface area contributed by atoms with Gasteiger partial charge in [0.2, 0.25) is 0 Å². The summed E-state index contributed by atoms with van der Waals surface area (Å²) in [4.78, 5) is 4.40. The second-order valence-corrected chi connectivity index (χ2v) is 6.90. The Morgan fingerprint density at radius 2 is 1.74 bits per heavy atom. The van der Waals surface area contributed by atoms with Gasteiger partial charge in [-0.1, -0.05) is 35.9 Å². The highest BCUT2D eigenvalue weighted by atomic mass is 35.5. The molecule has 2 aromatic carbocycles. The van der Waals surface area contributed by atoms with Crippen LogP contribution in [-0.4, -0.2) is 36.1 Å². The minimum Gasteiger partial charge on any atom is -0.507 e. The van der Waals surface area contributed by atoms with E-state index >= 15 is 0 Å². The highest BCUT2D eigenvalue weighted by Crippen LogP contribution is 2.22. The van der Waals surface area contributed by atoms with E-state index in [4.69, 9.17) is 16.2 Å². The third-order valence-corrected chi connectivity index (χ3v) is 4.16. The minimum absolute atomic E-state index is 0.0796. The summed E-state index contributed by atoms with van der Waals surface area (Å²) < 4.78 is 30.3. The number of benzene rings is 2. The van der Waals surface area contributed by atoms with Gasteiger partial charge in [0.05, 0.1) is 11.5 Å². The standard InChI is InChI=1S/C16H16ClNO4S/c17-13-8-6-12(7-9-13)16(14-4-1-2-5-15(14)19)18-10-3-11-23(20,21)22/h1-2,4-9,19H,3,10-11H2,(H,20,21,22)/b18-16+. The first-order chi connectivity index (χ1) is 10.9. The van der Waals surface area contributed by atoms with Gasteiger partial charge in [-0.25, -0.2) is 0 Å². The summed E-state index contributed by atoms with van der Waals surface area (Å²) in [5.41, 5.74) is 1.83. The van der Waals surface area contributed by atoms with Gasteiger partial charge in [-0.05, 0) is 30.7 Å². The largest absolute Gasteiger partial charge is 0.507 e. The Morgan fingerprint density at radius 3 is 2.35 bits per heavy atom. The maximum Gasteiger partial charge on any atom is 0.264 e. The summed E-state index contributed by atoms with van der Waals surface area (Å²) in [6, 6.07) is 13.7. The molecule has 0 bridgehead atoms. The molecular weight excluding hydrogens is 338 g/mol. The van der Waals surface area contributed by atoms with Crippen LogP contribution >= 0.6 is 11.6 Å². The van der Waals surface area contributed by atoms with Crippen LogP contribution in [0.1, 0.15) is 17.5 Å². The zero-order valence-corrected chi connectivity index (χ0v) is 13.8. The van der Waals surface area contributed by atoms with E-state index in [1.165, 1.54) is 0 Å². The van der Waals surface area contributed by atoms with Crippen molar-refractivity contribution in [3.05, 3.63) is 64.7 Å². The summed E-state index contributed by atoms with van der Waals surface area (Å²) in [5, 5.41) is 10.6. The lowest BCUT2D eigenvalue weighted by molar-refractivity contribution is 0.474. The number of phenols is 1. The number of hydrogen-bond acceptors (Lipinski definition) is 4. The van der Waals surface area contributed by atoms with Gasteiger partial charge in [-0.15, -0.1) is 0 Å². The Balaban J connectivity index is 2.32. The highest BCUT2D eigenvalue weighted by molar-refractivity contribution is 7.85. The molecule has 0 saturated heterocycles. The number of phenolic OH excluding ortho intramolecular Hbond substituents is 1. The molecule has 0 aliphatic rings. The monoisotopic (exact) mass is 353 g/mol. The summed E-state index contributed by atoms with van der Waals surface area (Å²) in [6.45, 7) is 0.200. The second kappa shape index (κ2) is 7.59. The summed E-state index contributed by atoms with van der Waals surface area (Å²) >= 11 is 5.89. The average Bonchev–Trinajstić information content (AvgIpc) is 2.49. The second-order valence-electron chi connectivity index (χ2n) is 4.89. The van der Waals surface area contributed by atoms with Gasteiger partial charge in [0.25, 0.3) is 10.1 Å². The van der Waals surface area contributed by atoms with Crippen molar-refractivity contribution < 1.29 is 18.1 Å². The molecule has 0 atom stereocenters. The average molecular weight is 354 g/mol. The molecule has 0 aromatic heterocycles. The van der Waals surface area contributed by atoms with Gasteiger partial charge in [0, 0.05) is 22.7 Å². The molecule has 0 aliphatic heterocycles. The quantitative estimate of drug-likeness (QED) is 0.474. The molecule has 2 N–H and O–H groups in total. The van der Waals surface area contributed by atoms with E-state index in [-0.39, 0.29) is 24.5 Å². The van der Waals surface area contributed by atoms with Gasteiger partial charge >= 0.3 is 0 Å². The Hall–Kier alpha value is -1.89. The van der Waals surface area contributed by atoms with Crippen LogP contribution in [0.25, 0.3) is 0 Å². The van der Waals surface area contributed by atoms with Gasteiger partial charge < -0.3 is 5.11 Å². The van der Waals surface area contributed by atoms with Crippen LogP contribution < -0.4 is 0 Å². The molecule has 2 aromatic rings. The zero-order valence-electron chi connectivity index (χ0n) is 12.2. The molecule has 0 fully saturated rings. The van der Waals surface area contributed by atoms with E-state index in [1.807, 2.05) is 0 Å². The van der Waals surface area contributed by atoms with Gasteiger partial charge in [0.1, 0.15) is 5.75 Å². The number of aromatic hydroxyl groups is 1. The minimum atomic E-state index is -4.00. The lowest BCUT2D eigenvalue weighted by atomic mass is 10.0. The predicted octanol–water partition coefficient (Wildman–Crippen LogP) is 3.16. The normalized spacial score (nSPS) is 12.3. The summed E-state index contributed by atoms with van der Waals surface area (Å²) in [6.07, 6.45) is 0.184.